The topological polar surface area (TPSA) is 116 Å². The number of hydrogen-bond donors (Lipinski definition) is 1. The highest BCUT2D eigenvalue weighted by molar-refractivity contribution is 7.89. The molecule has 1 aliphatic carbocycles. The molecule has 1 saturated carbocycles. The van der Waals surface area contributed by atoms with Gasteiger partial charge in [-0.2, -0.15) is 0 Å². The van der Waals surface area contributed by atoms with E-state index in [-0.39, 0.29) is 27.7 Å². The lowest BCUT2D eigenvalue weighted by Gasteiger charge is -2.38. The summed E-state index contributed by atoms with van der Waals surface area (Å²) in [7, 11) is -0.170. The Balaban J connectivity index is 1.53. The third-order valence-electron chi connectivity index (χ3n) is 7.17. The molecule has 2 fully saturated rings. The van der Waals surface area contributed by atoms with Crippen LogP contribution in [0.1, 0.15) is 38.1 Å². The quantitative estimate of drug-likeness (QED) is 0.440. The average molecular weight is 569 g/mol. The minimum atomic E-state index is -3.89. The Bertz CT molecular complexity index is 1460. The minimum Gasteiger partial charge on any atom is -0.366 e. The van der Waals surface area contributed by atoms with Gasteiger partial charge in [0.15, 0.2) is 15.8 Å². The number of sulfonamides is 1. The van der Waals surface area contributed by atoms with Crippen molar-refractivity contribution in [3.8, 4) is 10.8 Å². The van der Waals surface area contributed by atoms with Crippen LogP contribution in [0, 0.1) is 0 Å². The first-order valence-electron chi connectivity index (χ1n) is 12.3. The number of piperazine rings is 1. The normalized spacial score (nSPS) is 18.5. The zero-order chi connectivity index (χ0) is 27.4. The van der Waals surface area contributed by atoms with Gasteiger partial charge in [0.1, 0.15) is 4.90 Å². The molecule has 15 heteroatoms. The van der Waals surface area contributed by atoms with E-state index >= 15 is 0 Å². The number of anilines is 1. The number of likely N-dealkylation sites (N-methyl/N-ethyl adjacent to an activating group) is 1. The third kappa shape index (κ3) is 5.11. The fourth-order valence-electron chi connectivity index (χ4n) is 4.35. The van der Waals surface area contributed by atoms with Crippen molar-refractivity contribution in [1.82, 2.24) is 34.1 Å². The Hall–Kier alpha value is -2.75. The van der Waals surface area contributed by atoms with E-state index in [1.54, 1.807) is 16.7 Å². The molecule has 206 valence electrons. The van der Waals surface area contributed by atoms with Gasteiger partial charge in [0.2, 0.25) is 15.9 Å². The monoisotopic (exact) mass is 568 g/mol. The maximum Gasteiger partial charge on any atom is 0.291 e. The number of imidazole rings is 1. The highest BCUT2D eigenvalue weighted by Gasteiger charge is 2.41. The third-order valence-corrected chi connectivity index (χ3v) is 9.70. The van der Waals surface area contributed by atoms with Crippen molar-refractivity contribution in [3.63, 3.8) is 0 Å². The van der Waals surface area contributed by atoms with Crippen molar-refractivity contribution in [1.29, 1.82) is 0 Å². The second-order valence-corrected chi connectivity index (χ2v) is 13.0. The molecule has 4 heterocycles. The maximum atomic E-state index is 13.4. The highest BCUT2D eigenvalue weighted by Crippen LogP contribution is 2.37. The number of nitrogens with one attached hydrogen (secondary N) is 1. The number of fused-ring (bicyclic) bond motifs is 1. The fourth-order valence-corrected chi connectivity index (χ4v) is 6.53. The summed E-state index contributed by atoms with van der Waals surface area (Å²) in [5.74, 6) is 0.268. The van der Waals surface area contributed by atoms with E-state index in [0.29, 0.717) is 48.7 Å². The average Bonchev–Trinajstić information content (AvgIpc) is 3.25. The molecule has 0 spiro atoms. The van der Waals surface area contributed by atoms with Gasteiger partial charge in [0.05, 0.1) is 23.4 Å². The fraction of sp³-hybridized carbons (Fsp3) is 0.565. The Morgan fingerprint density at radius 2 is 1.87 bits per heavy atom. The van der Waals surface area contributed by atoms with Crippen LogP contribution in [0.2, 0.25) is 0 Å². The number of aromatic nitrogens is 4. The van der Waals surface area contributed by atoms with Crippen molar-refractivity contribution in [2.45, 2.75) is 49.6 Å². The molecule has 0 aromatic carbocycles. The van der Waals surface area contributed by atoms with E-state index < -0.39 is 27.0 Å². The van der Waals surface area contributed by atoms with Crippen LogP contribution >= 0.6 is 11.3 Å². The van der Waals surface area contributed by atoms with E-state index in [4.69, 9.17) is 0 Å². The summed E-state index contributed by atoms with van der Waals surface area (Å²) in [4.78, 5) is 23.0. The molecule has 1 atom stereocenters. The molecule has 1 N–H and O–H groups in total. The standard InChI is InChI=1S/C23H30F2N8O3S2/c1-14(30(3)4)22(34)32-9-7-31(8-10-32)16-11-15(38(35,36)29-23(2)5-6-23)13-33-17(16)12-26-19(33)21-28-27-20(37-21)18(24)25/h11-14,18,29H,5-10H2,1-4H3/t14-/m0/s1. The number of amides is 1. The predicted octanol–water partition coefficient (Wildman–Crippen LogP) is 2.22. The molecular formula is C23H30F2N8O3S2. The smallest absolute Gasteiger partial charge is 0.291 e. The van der Waals surface area contributed by atoms with Crippen molar-refractivity contribution in [2.24, 2.45) is 0 Å². The van der Waals surface area contributed by atoms with Crippen molar-refractivity contribution in [2.75, 3.05) is 45.2 Å². The van der Waals surface area contributed by atoms with Gasteiger partial charge in [-0.15, -0.1) is 10.2 Å². The first-order chi connectivity index (χ1) is 17.9. The Kier molecular flexibility index (Phi) is 6.90. The number of hydrogen-bond acceptors (Lipinski definition) is 9. The molecular weight excluding hydrogens is 538 g/mol. The largest absolute Gasteiger partial charge is 0.366 e. The second kappa shape index (κ2) is 9.77. The summed E-state index contributed by atoms with van der Waals surface area (Å²) in [5, 5.41) is 7.15. The van der Waals surface area contributed by atoms with Gasteiger partial charge in [-0.1, -0.05) is 11.3 Å². The number of carbonyl (C=O) groups is 1. The van der Waals surface area contributed by atoms with Crippen LogP contribution in [0.4, 0.5) is 14.5 Å². The van der Waals surface area contributed by atoms with E-state index in [0.717, 1.165) is 12.8 Å². The highest BCUT2D eigenvalue weighted by atomic mass is 32.2. The summed E-state index contributed by atoms with van der Waals surface area (Å²) < 4.78 is 57.4. The molecule has 1 aliphatic heterocycles. The molecule has 11 nitrogen and oxygen atoms in total. The van der Waals surface area contributed by atoms with Crippen LogP contribution < -0.4 is 9.62 Å². The Morgan fingerprint density at radius 1 is 1.18 bits per heavy atom. The number of carbonyl (C=O) groups excluding carboxylic acids is 1. The molecule has 5 rings (SSSR count). The lowest BCUT2D eigenvalue weighted by molar-refractivity contribution is -0.135. The van der Waals surface area contributed by atoms with Gasteiger partial charge in [0, 0.05) is 37.9 Å². The number of alkyl halides is 2. The second-order valence-electron chi connectivity index (χ2n) is 10.3. The molecule has 1 saturated heterocycles. The first-order valence-corrected chi connectivity index (χ1v) is 14.6. The number of halogens is 2. The zero-order valence-corrected chi connectivity index (χ0v) is 23.2. The van der Waals surface area contributed by atoms with Crippen LogP contribution in [0.15, 0.2) is 23.4 Å². The van der Waals surface area contributed by atoms with E-state index in [9.17, 15) is 22.0 Å². The molecule has 3 aromatic heterocycles. The minimum absolute atomic E-state index is 0.0331. The summed E-state index contributed by atoms with van der Waals surface area (Å²) in [6, 6.07) is 1.36. The predicted molar refractivity (Wildman–Crippen MR) is 139 cm³/mol. The van der Waals surface area contributed by atoms with Crippen LogP contribution in [0.3, 0.4) is 0 Å². The van der Waals surface area contributed by atoms with Crippen molar-refractivity contribution in [3.05, 3.63) is 23.5 Å². The van der Waals surface area contributed by atoms with Crippen LogP contribution in [-0.2, 0) is 14.8 Å². The number of nitrogens with zero attached hydrogens (tertiary/aromatic N) is 7. The van der Waals surface area contributed by atoms with Crippen LogP contribution in [-0.4, -0.2) is 95.6 Å². The summed E-state index contributed by atoms with van der Waals surface area (Å²) >= 11 is 0.714. The van der Waals surface area contributed by atoms with Crippen LogP contribution in [0.25, 0.3) is 16.3 Å². The lowest BCUT2D eigenvalue weighted by atomic mass is 10.2. The van der Waals surface area contributed by atoms with Crippen molar-refractivity contribution < 1.29 is 22.0 Å². The Morgan fingerprint density at radius 3 is 2.45 bits per heavy atom. The lowest BCUT2D eigenvalue weighted by Crippen LogP contribution is -2.53. The van der Waals surface area contributed by atoms with Gasteiger partial charge in [-0.3, -0.25) is 14.1 Å². The van der Waals surface area contributed by atoms with Gasteiger partial charge in [-0.25, -0.2) is 26.9 Å². The molecule has 0 bridgehead atoms. The van der Waals surface area contributed by atoms with Crippen molar-refractivity contribution >= 4 is 38.5 Å². The van der Waals surface area contributed by atoms with E-state index in [1.807, 2.05) is 42.6 Å². The Labute approximate surface area is 223 Å². The summed E-state index contributed by atoms with van der Waals surface area (Å²) in [6.07, 6.45) is 1.75. The molecule has 3 aromatic rings. The molecule has 0 unspecified atom stereocenters. The summed E-state index contributed by atoms with van der Waals surface area (Å²) in [5.41, 5.74) is 0.748. The van der Waals surface area contributed by atoms with Crippen LogP contribution in [0.5, 0.6) is 0 Å². The molecule has 0 radical (unpaired) electrons. The van der Waals surface area contributed by atoms with E-state index in [1.165, 1.54) is 6.20 Å². The molecule has 38 heavy (non-hydrogen) atoms. The number of pyridine rings is 1. The van der Waals surface area contributed by atoms with Gasteiger partial charge < -0.3 is 9.80 Å². The maximum absolute atomic E-state index is 13.4. The summed E-state index contributed by atoms with van der Waals surface area (Å²) in [6.45, 7) is 5.65. The van der Waals surface area contributed by atoms with Gasteiger partial charge in [-0.05, 0) is 46.9 Å². The zero-order valence-electron chi connectivity index (χ0n) is 21.6. The molecule has 2 aliphatic rings. The van der Waals surface area contributed by atoms with E-state index in [2.05, 4.69) is 19.9 Å². The number of rotatable bonds is 8. The van der Waals surface area contributed by atoms with Gasteiger partial charge in [0.25, 0.3) is 6.43 Å². The SMILES string of the molecule is C[C@@H](C(=O)N1CCN(c2cc(S(=O)(=O)NC3(C)CC3)cn3c(-c4nnc(C(F)F)s4)ncc23)CC1)N(C)C. The molecule has 1 amide bonds. The van der Waals surface area contributed by atoms with Gasteiger partial charge >= 0.3 is 0 Å². The first kappa shape index (κ1) is 26.8.